The van der Waals surface area contributed by atoms with E-state index in [1.165, 1.54) is 16.1 Å². The average Bonchev–Trinajstić information content (AvgIpc) is 3.33. The van der Waals surface area contributed by atoms with Gasteiger partial charge in [0.15, 0.2) is 9.84 Å². The van der Waals surface area contributed by atoms with E-state index < -0.39 is 25.1 Å². The zero-order chi connectivity index (χ0) is 19.1. The Labute approximate surface area is 160 Å². The summed E-state index contributed by atoms with van der Waals surface area (Å²) in [6, 6.07) is 8.60. The van der Waals surface area contributed by atoms with Gasteiger partial charge in [0.2, 0.25) is 10.0 Å². The van der Waals surface area contributed by atoms with Crippen LogP contribution in [0, 0.1) is 0 Å². The second-order valence-corrected chi connectivity index (χ2v) is 11.5. The lowest BCUT2D eigenvalue weighted by molar-refractivity contribution is 0.476. The van der Waals surface area contributed by atoms with Crippen LogP contribution >= 0.6 is 0 Å². The number of hydrogen-bond acceptors (Lipinski definition) is 5. The minimum absolute atomic E-state index is 0.00244. The summed E-state index contributed by atoms with van der Waals surface area (Å²) in [5.74, 6) is 0.184. The van der Waals surface area contributed by atoms with Gasteiger partial charge in [-0.25, -0.2) is 16.8 Å². The van der Waals surface area contributed by atoms with Gasteiger partial charge in [-0.15, -0.1) is 0 Å². The first-order valence-electron chi connectivity index (χ1n) is 9.22. The van der Waals surface area contributed by atoms with Crippen LogP contribution in [0.25, 0.3) is 0 Å². The molecule has 0 bridgehead atoms. The lowest BCUT2D eigenvalue weighted by Gasteiger charge is -2.20. The predicted octanol–water partition coefficient (Wildman–Crippen LogP) is 2.54. The van der Waals surface area contributed by atoms with E-state index in [1.54, 1.807) is 24.3 Å². The van der Waals surface area contributed by atoms with E-state index in [1.807, 2.05) is 6.07 Å². The lowest BCUT2D eigenvalue weighted by Crippen LogP contribution is -2.32. The van der Waals surface area contributed by atoms with Crippen molar-refractivity contribution in [2.45, 2.75) is 48.0 Å². The van der Waals surface area contributed by atoms with Crippen LogP contribution in [-0.4, -0.2) is 39.5 Å². The summed E-state index contributed by atoms with van der Waals surface area (Å²) in [5.41, 5.74) is 2.32. The summed E-state index contributed by atoms with van der Waals surface area (Å²) < 4.78 is 57.7. The molecule has 1 fully saturated rings. The Morgan fingerprint density at radius 3 is 2.56 bits per heavy atom. The SMILES string of the molecule is O=S(=O)(Cc1ccco1)[C@H]1CCN(S(=O)(=O)c2ccc3c(c2)CCCC3)C1. The monoisotopic (exact) mass is 409 g/mol. The highest BCUT2D eigenvalue weighted by molar-refractivity contribution is 7.91. The van der Waals surface area contributed by atoms with E-state index in [2.05, 4.69) is 0 Å². The second kappa shape index (κ2) is 7.07. The van der Waals surface area contributed by atoms with Gasteiger partial charge in [-0.2, -0.15) is 4.31 Å². The van der Waals surface area contributed by atoms with E-state index in [0.29, 0.717) is 12.2 Å². The third-order valence-corrected chi connectivity index (χ3v) is 9.45. The summed E-state index contributed by atoms with van der Waals surface area (Å²) >= 11 is 0. The van der Waals surface area contributed by atoms with Gasteiger partial charge < -0.3 is 4.42 Å². The van der Waals surface area contributed by atoms with Gasteiger partial charge in [0, 0.05) is 13.1 Å². The number of fused-ring (bicyclic) bond motifs is 1. The van der Waals surface area contributed by atoms with Gasteiger partial charge in [-0.1, -0.05) is 6.07 Å². The topological polar surface area (TPSA) is 84.7 Å². The molecule has 4 rings (SSSR count). The predicted molar refractivity (Wildman–Crippen MR) is 102 cm³/mol. The van der Waals surface area contributed by atoms with Crippen LogP contribution in [0.1, 0.15) is 36.1 Å². The number of benzene rings is 1. The molecule has 1 aromatic heterocycles. The molecular formula is C19H23NO5S2. The quantitative estimate of drug-likeness (QED) is 0.758. The largest absolute Gasteiger partial charge is 0.468 e. The first-order chi connectivity index (χ1) is 12.9. The fourth-order valence-electron chi connectivity index (χ4n) is 3.94. The molecule has 0 saturated carbocycles. The van der Waals surface area contributed by atoms with E-state index in [0.717, 1.165) is 31.2 Å². The maximum atomic E-state index is 13.0. The Kier molecular flexibility index (Phi) is 4.90. The van der Waals surface area contributed by atoms with Crippen molar-refractivity contribution in [2.24, 2.45) is 0 Å². The summed E-state index contributed by atoms with van der Waals surface area (Å²) in [6.07, 6.45) is 5.86. The summed E-state index contributed by atoms with van der Waals surface area (Å²) in [5, 5.41) is -0.699. The lowest BCUT2D eigenvalue weighted by atomic mass is 9.92. The van der Waals surface area contributed by atoms with E-state index in [4.69, 9.17) is 4.42 Å². The van der Waals surface area contributed by atoms with Crippen LogP contribution in [0.4, 0.5) is 0 Å². The molecule has 0 spiro atoms. The molecule has 146 valence electrons. The van der Waals surface area contributed by atoms with E-state index in [-0.39, 0.29) is 23.7 Å². The third kappa shape index (κ3) is 3.70. The highest BCUT2D eigenvalue weighted by Crippen LogP contribution is 2.29. The van der Waals surface area contributed by atoms with Crippen LogP contribution in [0.5, 0.6) is 0 Å². The van der Waals surface area contributed by atoms with Crippen molar-refractivity contribution < 1.29 is 21.3 Å². The maximum absolute atomic E-state index is 13.0. The van der Waals surface area contributed by atoms with Gasteiger partial charge in [0.25, 0.3) is 0 Å². The minimum atomic E-state index is -3.68. The van der Waals surface area contributed by atoms with Crippen molar-refractivity contribution in [3.8, 4) is 0 Å². The van der Waals surface area contributed by atoms with E-state index in [9.17, 15) is 16.8 Å². The first-order valence-corrected chi connectivity index (χ1v) is 12.4. The third-order valence-electron chi connectivity index (χ3n) is 5.50. The molecule has 8 heteroatoms. The number of furan rings is 1. The van der Waals surface area contributed by atoms with Gasteiger partial charge in [0.1, 0.15) is 11.5 Å². The molecule has 1 saturated heterocycles. The van der Waals surface area contributed by atoms with Crippen LogP contribution < -0.4 is 0 Å². The molecule has 1 aliphatic carbocycles. The number of hydrogen-bond donors (Lipinski definition) is 0. The summed E-state index contributed by atoms with van der Waals surface area (Å²) in [7, 11) is -7.15. The van der Waals surface area contributed by atoms with Crippen LogP contribution in [0.3, 0.4) is 0 Å². The zero-order valence-corrected chi connectivity index (χ0v) is 16.6. The molecule has 1 aromatic carbocycles. The Morgan fingerprint density at radius 2 is 1.81 bits per heavy atom. The van der Waals surface area contributed by atoms with Crippen molar-refractivity contribution in [3.63, 3.8) is 0 Å². The Balaban J connectivity index is 1.52. The number of sulfone groups is 1. The number of aryl methyl sites for hydroxylation is 2. The van der Waals surface area contributed by atoms with Crippen molar-refractivity contribution in [1.82, 2.24) is 4.31 Å². The number of sulfonamides is 1. The molecule has 0 amide bonds. The molecule has 2 heterocycles. The molecule has 27 heavy (non-hydrogen) atoms. The normalized spacial score (nSPS) is 21.3. The van der Waals surface area contributed by atoms with Crippen LogP contribution in [0.15, 0.2) is 45.9 Å². The Bertz CT molecular complexity index is 1030. The summed E-state index contributed by atoms with van der Waals surface area (Å²) in [4.78, 5) is 0.271. The van der Waals surface area contributed by atoms with Crippen LogP contribution in [0.2, 0.25) is 0 Å². The minimum Gasteiger partial charge on any atom is -0.468 e. The molecule has 0 radical (unpaired) electrons. The second-order valence-electron chi connectivity index (χ2n) is 7.30. The molecule has 1 aliphatic heterocycles. The summed E-state index contributed by atoms with van der Waals surface area (Å²) in [6.45, 7) is 0.226. The molecule has 0 unspecified atom stereocenters. The van der Waals surface area contributed by atoms with Gasteiger partial charge >= 0.3 is 0 Å². The van der Waals surface area contributed by atoms with Gasteiger partial charge in [0.05, 0.1) is 16.4 Å². The van der Waals surface area contributed by atoms with E-state index >= 15 is 0 Å². The molecule has 0 N–H and O–H groups in total. The smallest absolute Gasteiger partial charge is 0.243 e. The number of nitrogens with zero attached hydrogens (tertiary/aromatic N) is 1. The Hall–Kier alpha value is -1.64. The van der Waals surface area contributed by atoms with Crippen molar-refractivity contribution >= 4 is 19.9 Å². The fourth-order valence-corrected chi connectivity index (χ4v) is 7.25. The standard InChI is InChI=1S/C19H23NO5S2/c21-26(22,14-17-6-3-11-25-17)19-9-10-20(13-19)27(23,24)18-8-7-15-4-1-2-5-16(15)12-18/h3,6-8,11-12,19H,1-2,4-5,9-10,13-14H2/t19-/m0/s1. The maximum Gasteiger partial charge on any atom is 0.243 e. The van der Waals surface area contributed by atoms with Crippen LogP contribution in [-0.2, 0) is 38.5 Å². The highest BCUT2D eigenvalue weighted by atomic mass is 32.2. The van der Waals surface area contributed by atoms with Crippen molar-refractivity contribution in [3.05, 3.63) is 53.5 Å². The molecule has 1 atom stereocenters. The zero-order valence-electron chi connectivity index (χ0n) is 15.0. The molecule has 2 aliphatic rings. The number of rotatable bonds is 5. The highest BCUT2D eigenvalue weighted by Gasteiger charge is 2.39. The van der Waals surface area contributed by atoms with Gasteiger partial charge in [-0.05, 0) is 67.5 Å². The van der Waals surface area contributed by atoms with Crippen molar-refractivity contribution in [1.29, 1.82) is 0 Å². The molecular weight excluding hydrogens is 386 g/mol. The van der Waals surface area contributed by atoms with Crippen molar-refractivity contribution in [2.75, 3.05) is 13.1 Å². The first kappa shape index (κ1) is 18.7. The Morgan fingerprint density at radius 1 is 1.04 bits per heavy atom. The fraction of sp³-hybridized carbons (Fsp3) is 0.474. The average molecular weight is 410 g/mol. The molecule has 2 aromatic rings. The van der Waals surface area contributed by atoms with Gasteiger partial charge in [-0.3, -0.25) is 0 Å². The molecule has 6 nitrogen and oxygen atoms in total.